The van der Waals surface area contributed by atoms with Gasteiger partial charge in [-0.25, -0.2) is 22.7 Å². The Morgan fingerprint density at radius 3 is 2.54 bits per heavy atom. The molecule has 3 rings (SSSR count). The summed E-state index contributed by atoms with van der Waals surface area (Å²) >= 11 is 6.38. The van der Waals surface area contributed by atoms with E-state index in [4.69, 9.17) is 4.74 Å². The molecule has 1 aliphatic rings. The predicted octanol–water partition coefficient (Wildman–Crippen LogP) is 4.88. The standard InChI is InChI=1S/C20H18Br2F3N3O6S/c21-12-4-5-16(22)17(7-12)35(32,33)27-14-8-15(28(9-14)19(30)31)10-34-18(29)26-13-3-1-2-11(6-13)20(23,24)25/h1-7,14-15,27H,8-10H2,(H,26,29)(H,30,31)/t14-,15-/m1/s1. The normalized spacial score (nSPS) is 18.4. The van der Waals surface area contributed by atoms with Crippen LogP contribution in [0, 0.1) is 0 Å². The number of carbonyl (C=O) groups excluding carboxylic acids is 1. The fourth-order valence-corrected chi connectivity index (χ4v) is 6.20. The summed E-state index contributed by atoms with van der Waals surface area (Å²) in [6.07, 6.45) is -7.02. The molecule has 2 amide bonds. The second kappa shape index (κ2) is 10.7. The third-order valence-corrected chi connectivity index (χ3v) is 8.02. The highest BCUT2D eigenvalue weighted by Crippen LogP contribution is 2.31. The number of hydrogen-bond acceptors (Lipinski definition) is 5. The maximum Gasteiger partial charge on any atom is 0.416 e. The summed E-state index contributed by atoms with van der Waals surface area (Å²) in [6.45, 7) is -0.626. The van der Waals surface area contributed by atoms with E-state index in [1.165, 1.54) is 18.2 Å². The van der Waals surface area contributed by atoms with Crippen LogP contribution in [0.1, 0.15) is 12.0 Å². The van der Waals surface area contributed by atoms with E-state index in [1.807, 2.05) is 0 Å². The molecule has 1 aliphatic heterocycles. The minimum Gasteiger partial charge on any atom is -0.465 e. The lowest BCUT2D eigenvalue weighted by atomic mass is 10.2. The second-order valence-corrected chi connectivity index (χ2v) is 11.0. The minimum atomic E-state index is -4.60. The van der Waals surface area contributed by atoms with Gasteiger partial charge in [0.25, 0.3) is 0 Å². The molecule has 1 fully saturated rings. The first-order chi connectivity index (χ1) is 16.3. The molecular weight excluding hydrogens is 627 g/mol. The average Bonchev–Trinajstić information content (AvgIpc) is 3.16. The molecule has 0 unspecified atom stereocenters. The number of nitrogens with zero attached hydrogens (tertiary/aromatic N) is 1. The summed E-state index contributed by atoms with van der Waals surface area (Å²) in [5.41, 5.74) is -1.12. The predicted molar refractivity (Wildman–Crippen MR) is 126 cm³/mol. The van der Waals surface area contributed by atoms with Gasteiger partial charge in [-0.2, -0.15) is 13.2 Å². The van der Waals surface area contributed by atoms with Crippen LogP contribution in [-0.4, -0.2) is 55.8 Å². The first-order valence-corrected chi connectivity index (χ1v) is 12.9. The van der Waals surface area contributed by atoms with Gasteiger partial charge in [0, 0.05) is 27.2 Å². The van der Waals surface area contributed by atoms with Gasteiger partial charge in [0.15, 0.2) is 0 Å². The molecular formula is C20H18Br2F3N3O6S. The molecule has 2 aromatic rings. The van der Waals surface area contributed by atoms with Crippen molar-refractivity contribution in [2.45, 2.75) is 29.6 Å². The van der Waals surface area contributed by atoms with E-state index in [9.17, 15) is 36.3 Å². The van der Waals surface area contributed by atoms with Gasteiger partial charge < -0.3 is 14.7 Å². The summed E-state index contributed by atoms with van der Waals surface area (Å²) in [5.74, 6) is 0. The van der Waals surface area contributed by atoms with Crippen molar-refractivity contribution < 1.29 is 41.0 Å². The summed E-state index contributed by atoms with van der Waals surface area (Å²) in [6, 6.07) is 6.80. The molecule has 190 valence electrons. The van der Waals surface area contributed by atoms with E-state index >= 15 is 0 Å². The van der Waals surface area contributed by atoms with Crippen molar-refractivity contribution >= 4 is 59.8 Å². The van der Waals surface area contributed by atoms with Crippen LogP contribution in [0.5, 0.6) is 0 Å². The third-order valence-electron chi connectivity index (χ3n) is 5.01. The highest BCUT2D eigenvalue weighted by atomic mass is 79.9. The molecule has 2 atom stereocenters. The molecule has 35 heavy (non-hydrogen) atoms. The number of nitrogens with one attached hydrogen (secondary N) is 2. The maximum atomic E-state index is 12.8. The van der Waals surface area contributed by atoms with Crippen LogP contribution >= 0.6 is 31.9 Å². The minimum absolute atomic E-state index is 0.00793. The van der Waals surface area contributed by atoms with Gasteiger partial charge in [0.1, 0.15) is 6.61 Å². The topological polar surface area (TPSA) is 125 Å². The van der Waals surface area contributed by atoms with Crippen LogP contribution in [0.4, 0.5) is 28.4 Å². The molecule has 0 aromatic heterocycles. The fourth-order valence-electron chi connectivity index (χ4n) is 3.46. The zero-order chi connectivity index (χ0) is 26.0. The molecule has 0 radical (unpaired) electrons. The molecule has 1 heterocycles. The van der Waals surface area contributed by atoms with Crippen LogP contribution in [0.3, 0.4) is 0 Å². The van der Waals surface area contributed by atoms with E-state index in [0.29, 0.717) is 8.95 Å². The number of anilines is 1. The second-order valence-electron chi connectivity index (χ2n) is 7.52. The SMILES string of the molecule is O=C(Nc1cccc(C(F)(F)F)c1)OC[C@H]1C[C@@H](NS(=O)(=O)c2cc(Br)ccc2Br)CN1C(=O)O. The Morgan fingerprint density at radius 1 is 1.17 bits per heavy atom. The average molecular weight is 645 g/mol. The molecule has 0 spiro atoms. The Kier molecular flexibility index (Phi) is 8.34. The van der Waals surface area contributed by atoms with Crippen molar-refractivity contribution in [2.75, 3.05) is 18.5 Å². The number of alkyl halides is 3. The number of benzene rings is 2. The Hall–Kier alpha value is -2.36. The number of likely N-dealkylation sites (tertiary alicyclic amines) is 1. The van der Waals surface area contributed by atoms with Crippen molar-refractivity contribution in [1.82, 2.24) is 9.62 Å². The number of amides is 2. The van der Waals surface area contributed by atoms with E-state index in [-0.39, 0.29) is 23.5 Å². The lowest BCUT2D eigenvalue weighted by Gasteiger charge is -2.21. The van der Waals surface area contributed by atoms with Crippen molar-refractivity contribution in [3.05, 3.63) is 57.0 Å². The highest BCUT2D eigenvalue weighted by molar-refractivity contribution is 9.11. The molecule has 15 heteroatoms. The number of halogens is 5. The largest absolute Gasteiger partial charge is 0.465 e. The fraction of sp³-hybridized carbons (Fsp3) is 0.300. The molecule has 3 N–H and O–H groups in total. The first kappa shape index (κ1) is 27.2. The van der Waals surface area contributed by atoms with E-state index < -0.39 is 52.6 Å². The van der Waals surface area contributed by atoms with Gasteiger partial charge in [0.2, 0.25) is 10.0 Å². The number of rotatable bonds is 6. The molecule has 0 aliphatic carbocycles. The van der Waals surface area contributed by atoms with Crippen LogP contribution < -0.4 is 10.0 Å². The number of carboxylic acid groups (broad SMARTS) is 1. The van der Waals surface area contributed by atoms with Gasteiger partial charge in [-0.05, 0) is 58.7 Å². The van der Waals surface area contributed by atoms with E-state index in [2.05, 4.69) is 41.9 Å². The van der Waals surface area contributed by atoms with Gasteiger partial charge in [0.05, 0.1) is 16.5 Å². The summed E-state index contributed by atoms with van der Waals surface area (Å²) in [5, 5.41) is 11.6. The van der Waals surface area contributed by atoms with E-state index in [0.717, 1.165) is 23.1 Å². The van der Waals surface area contributed by atoms with Gasteiger partial charge in [-0.3, -0.25) is 5.32 Å². The lowest BCUT2D eigenvalue weighted by molar-refractivity contribution is -0.137. The van der Waals surface area contributed by atoms with Crippen LogP contribution in [0.25, 0.3) is 0 Å². The Labute approximate surface area is 214 Å². The smallest absolute Gasteiger partial charge is 0.416 e. The van der Waals surface area contributed by atoms with Crippen molar-refractivity contribution in [3.8, 4) is 0 Å². The van der Waals surface area contributed by atoms with Gasteiger partial charge >= 0.3 is 18.4 Å². The molecule has 1 saturated heterocycles. The third kappa shape index (κ3) is 7.08. The molecule has 0 bridgehead atoms. The zero-order valence-electron chi connectivity index (χ0n) is 17.6. The van der Waals surface area contributed by atoms with Gasteiger partial charge in [-0.15, -0.1) is 0 Å². The van der Waals surface area contributed by atoms with Crippen LogP contribution in [0.15, 0.2) is 56.3 Å². The number of ether oxygens (including phenoxy) is 1. The molecule has 0 saturated carbocycles. The monoisotopic (exact) mass is 643 g/mol. The van der Waals surface area contributed by atoms with Crippen molar-refractivity contribution in [2.24, 2.45) is 0 Å². The summed E-state index contributed by atoms with van der Waals surface area (Å²) < 4.78 is 72.4. The molecule has 2 aromatic carbocycles. The van der Waals surface area contributed by atoms with Crippen molar-refractivity contribution in [3.63, 3.8) is 0 Å². The summed E-state index contributed by atoms with van der Waals surface area (Å²) in [4.78, 5) is 24.6. The quantitative estimate of drug-likeness (QED) is 0.412. The van der Waals surface area contributed by atoms with Crippen molar-refractivity contribution in [1.29, 1.82) is 0 Å². The Bertz CT molecular complexity index is 1230. The van der Waals surface area contributed by atoms with Crippen LogP contribution in [0.2, 0.25) is 0 Å². The van der Waals surface area contributed by atoms with Crippen LogP contribution in [-0.2, 0) is 20.9 Å². The highest BCUT2D eigenvalue weighted by Gasteiger charge is 2.38. The first-order valence-electron chi connectivity index (χ1n) is 9.84. The zero-order valence-corrected chi connectivity index (χ0v) is 21.5. The Balaban J connectivity index is 1.63. The number of sulfonamides is 1. The van der Waals surface area contributed by atoms with E-state index in [1.54, 1.807) is 6.07 Å². The number of carbonyl (C=O) groups is 2. The molecule has 9 nitrogen and oxygen atoms in total. The Morgan fingerprint density at radius 2 is 1.89 bits per heavy atom. The maximum absolute atomic E-state index is 12.8. The lowest BCUT2D eigenvalue weighted by Crippen LogP contribution is -2.40. The summed E-state index contributed by atoms with van der Waals surface area (Å²) in [7, 11) is -4.02. The van der Waals surface area contributed by atoms with Gasteiger partial charge in [-0.1, -0.05) is 22.0 Å². The number of hydrogen-bond donors (Lipinski definition) is 3.